The number of halogens is 3. The summed E-state index contributed by atoms with van der Waals surface area (Å²) in [4.78, 5) is 37.6. The van der Waals surface area contributed by atoms with E-state index in [1.807, 2.05) is 32.0 Å². The van der Waals surface area contributed by atoms with Crippen LogP contribution in [0.15, 0.2) is 42.5 Å². The van der Waals surface area contributed by atoms with Gasteiger partial charge in [0.2, 0.25) is 11.8 Å². The van der Waals surface area contributed by atoms with E-state index in [-0.39, 0.29) is 18.7 Å². The van der Waals surface area contributed by atoms with Crippen molar-refractivity contribution < 1.29 is 32.7 Å². The minimum atomic E-state index is -4.61. The van der Waals surface area contributed by atoms with Crippen LogP contribution < -0.4 is 21.3 Å². The molecule has 0 fully saturated rings. The van der Waals surface area contributed by atoms with Gasteiger partial charge in [-0.2, -0.15) is 13.2 Å². The zero-order chi connectivity index (χ0) is 27.8. The lowest BCUT2D eigenvalue weighted by Gasteiger charge is -2.27. The monoisotopic (exact) mass is 522 g/mol. The summed E-state index contributed by atoms with van der Waals surface area (Å²) in [5.74, 6) is -2.13. The van der Waals surface area contributed by atoms with E-state index in [4.69, 9.17) is 0 Å². The second-order valence-electron chi connectivity index (χ2n) is 9.47. The highest BCUT2D eigenvalue weighted by molar-refractivity contribution is 5.97. The third-order valence-corrected chi connectivity index (χ3v) is 5.53. The number of amides is 3. The van der Waals surface area contributed by atoms with Gasteiger partial charge in [-0.15, -0.1) is 0 Å². The molecule has 0 aliphatic heterocycles. The first-order valence-corrected chi connectivity index (χ1v) is 11.7. The van der Waals surface area contributed by atoms with E-state index in [9.17, 15) is 32.7 Å². The van der Waals surface area contributed by atoms with Crippen molar-refractivity contribution in [1.29, 1.82) is 0 Å². The van der Waals surface area contributed by atoms with Gasteiger partial charge in [-0.1, -0.05) is 29.8 Å². The Labute approximate surface area is 214 Å². The van der Waals surface area contributed by atoms with E-state index < -0.39 is 47.6 Å². The van der Waals surface area contributed by atoms with Gasteiger partial charge in [0.1, 0.15) is 6.04 Å². The summed E-state index contributed by atoms with van der Waals surface area (Å²) in [6.45, 7) is 6.77. The van der Waals surface area contributed by atoms with Crippen molar-refractivity contribution in [3.8, 4) is 0 Å². The minimum Gasteiger partial charge on any atom is -0.394 e. The molecule has 0 saturated heterocycles. The number of carbonyl (C=O) groups excluding carboxylic acids is 3. The molecule has 0 aliphatic carbocycles. The Morgan fingerprint density at radius 1 is 1.03 bits per heavy atom. The summed E-state index contributed by atoms with van der Waals surface area (Å²) in [6, 6.07) is 8.74. The third kappa shape index (κ3) is 9.51. The fourth-order valence-electron chi connectivity index (χ4n) is 3.41. The molecular weight excluding hydrogens is 489 g/mol. The number of benzene rings is 2. The Kier molecular flexibility index (Phi) is 10.2. The first kappa shape index (κ1) is 29.8. The molecule has 2 aromatic rings. The van der Waals surface area contributed by atoms with Gasteiger partial charge in [0.15, 0.2) is 0 Å². The summed E-state index contributed by atoms with van der Waals surface area (Å²) in [7, 11) is 0. The van der Waals surface area contributed by atoms with Gasteiger partial charge in [-0.3, -0.25) is 14.4 Å². The summed E-state index contributed by atoms with van der Waals surface area (Å²) in [5.41, 5.74) is 1.02. The molecule has 2 rings (SSSR count). The summed E-state index contributed by atoms with van der Waals surface area (Å²) >= 11 is 0. The molecule has 0 unspecified atom stereocenters. The highest BCUT2D eigenvalue weighted by Crippen LogP contribution is 2.29. The van der Waals surface area contributed by atoms with E-state index >= 15 is 0 Å². The van der Waals surface area contributed by atoms with Crippen LogP contribution in [0.4, 0.5) is 13.2 Å². The van der Waals surface area contributed by atoms with Gasteiger partial charge in [0, 0.05) is 18.7 Å². The first-order valence-electron chi connectivity index (χ1n) is 11.7. The molecule has 11 heteroatoms. The molecule has 0 saturated carbocycles. The van der Waals surface area contributed by atoms with Crippen molar-refractivity contribution in [2.24, 2.45) is 0 Å². The highest BCUT2D eigenvalue weighted by Gasteiger charge is 2.31. The topological polar surface area (TPSA) is 120 Å². The fourth-order valence-corrected chi connectivity index (χ4v) is 3.41. The van der Waals surface area contributed by atoms with Crippen LogP contribution in [0.3, 0.4) is 0 Å². The van der Waals surface area contributed by atoms with E-state index in [1.165, 1.54) is 6.07 Å². The first-order chi connectivity index (χ1) is 17.2. The Hall–Kier alpha value is -3.44. The summed E-state index contributed by atoms with van der Waals surface area (Å²) < 4.78 is 38.7. The number of hydrogen-bond acceptors (Lipinski definition) is 5. The Balaban J connectivity index is 2.02. The maximum absolute atomic E-state index is 12.9. The van der Waals surface area contributed by atoms with Crippen LogP contribution in [0.5, 0.6) is 0 Å². The number of alkyl halides is 3. The van der Waals surface area contributed by atoms with Crippen LogP contribution in [0, 0.1) is 13.8 Å². The molecule has 202 valence electrons. The normalized spacial score (nSPS) is 12.5. The molecule has 0 heterocycles. The number of nitrogens with one attached hydrogen (secondary N) is 4. The largest absolute Gasteiger partial charge is 0.416 e. The van der Waals surface area contributed by atoms with Gasteiger partial charge in [0.25, 0.3) is 5.91 Å². The average Bonchev–Trinajstić information content (AvgIpc) is 2.82. The smallest absolute Gasteiger partial charge is 0.394 e. The molecule has 1 atom stereocenters. The second kappa shape index (κ2) is 12.7. The van der Waals surface area contributed by atoms with Crippen LogP contribution in [0.2, 0.25) is 0 Å². The van der Waals surface area contributed by atoms with Crippen molar-refractivity contribution in [1.82, 2.24) is 21.3 Å². The lowest BCUT2D eigenvalue weighted by Crippen LogP contribution is -2.58. The van der Waals surface area contributed by atoms with Crippen LogP contribution >= 0.6 is 0 Å². The molecule has 0 aliphatic rings. The third-order valence-electron chi connectivity index (χ3n) is 5.53. The average molecular weight is 523 g/mol. The maximum atomic E-state index is 12.9. The predicted octanol–water partition coefficient (Wildman–Crippen LogP) is 2.21. The Morgan fingerprint density at radius 3 is 2.35 bits per heavy atom. The minimum absolute atomic E-state index is 0.0496. The molecule has 8 nitrogen and oxygen atoms in total. The molecule has 0 aromatic heterocycles. The van der Waals surface area contributed by atoms with Crippen molar-refractivity contribution >= 4 is 17.7 Å². The maximum Gasteiger partial charge on any atom is 0.416 e. The number of aryl methyl sites for hydroxylation is 2. The summed E-state index contributed by atoms with van der Waals surface area (Å²) in [5, 5.41) is 20.0. The zero-order valence-corrected chi connectivity index (χ0v) is 21.3. The SMILES string of the molecule is Cc1ccc(CNC[C@@H](NC(=O)CNC(=O)c2cccc(C(F)(F)F)c2)C(=O)NC(C)(C)CO)c(C)c1. The Bertz CT molecular complexity index is 1120. The molecule has 0 bridgehead atoms. The Morgan fingerprint density at radius 2 is 1.73 bits per heavy atom. The fraction of sp³-hybridized carbons (Fsp3) is 0.423. The lowest BCUT2D eigenvalue weighted by atomic mass is 10.1. The summed E-state index contributed by atoms with van der Waals surface area (Å²) in [6.07, 6.45) is -4.61. The van der Waals surface area contributed by atoms with E-state index in [0.717, 1.165) is 28.8 Å². The number of aliphatic hydroxyl groups excluding tert-OH is 1. The predicted molar refractivity (Wildman–Crippen MR) is 133 cm³/mol. The van der Waals surface area contributed by atoms with E-state index in [0.29, 0.717) is 12.6 Å². The van der Waals surface area contributed by atoms with Gasteiger partial charge in [-0.05, 0) is 57.0 Å². The van der Waals surface area contributed by atoms with Crippen molar-refractivity contribution in [2.75, 3.05) is 19.7 Å². The van der Waals surface area contributed by atoms with Crippen molar-refractivity contribution in [2.45, 2.75) is 52.0 Å². The molecule has 0 spiro atoms. The lowest BCUT2D eigenvalue weighted by molar-refractivity contribution is -0.137. The number of hydrogen-bond donors (Lipinski definition) is 5. The molecule has 37 heavy (non-hydrogen) atoms. The van der Waals surface area contributed by atoms with Gasteiger partial charge >= 0.3 is 6.18 Å². The molecule has 2 aromatic carbocycles. The molecular formula is C26H33F3N4O4. The standard InChI is InChI=1S/C26H33F3N4O4/c1-16-8-9-19(17(2)10-16)12-30-13-21(24(37)33-25(3,4)15-34)32-22(35)14-31-23(36)18-6-5-7-20(11-18)26(27,28)29/h5-11,21,30,34H,12-15H2,1-4H3,(H,31,36)(H,32,35)(H,33,37)/t21-/m1/s1. The van der Waals surface area contributed by atoms with Crippen molar-refractivity contribution in [3.63, 3.8) is 0 Å². The number of carbonyl (C=O) groups is 3. The molecule has 5 N–H and O–H groups in total. The van der Waals surface area contributed by atoms with E-state index in [2.05, 4.69) is 21.3 Å². The number of rotatable bonds is 11. The quantitative estimate of drug-likeness (QED) is 0.310. The van der Waals surface area contributed by atoms with Gasteiger partial charge in [0.05, 0.1) is 24.3 Å². The van der Waals surface area contributed by atoms with Gasteiger partial charge in [-0.25, -0.2) is 0 Å². The van der Waals surface area contributed by atoms with Gasteiger partial charge < -0.3 is 26.4 Å². The molecule has 0 radical (unpaired) electrons. The zero-order valence-electron chi connectivity index (χ0n) is 21.3. The van der Waals surface area contributed by atoms with Crippen LogP contribution in [-0.4, -0.2) is 54.1 Å². The van der Waals surface area contributed by atoms with Crippen LogP contribution in [0.25, 0.3) is 0 Å². The highest BCUT2D eigenvalue weighted by atomic mass is 19.4. The number of aliphatic hydroxyl groups is 1. The second-order valence-corrected chi connectivity index (χ2v) is 9.47. The molecule has 3 amide bonds. The van der Waals surface area contributed by atoms with Crippen molar-refractivity contribution in [3.05, 3.63) is 70.3 Å². The van der Waals surface area contributed by atoms with E-state index in [1.54, 1.807) is 13.8 Å². The van der Waals surface area contributed by atoms with Crippen LogP contribution in [0.1, 0.15) is 46.5 Å². The van der Waals surface area contributed by atoms with Crippen LogP contribution in [-0.2, 0) is 22.3 Å².